The van der Waals surface area contributed by atoms with Crippen molar-refractivity contribution in [3.05, 3.63) is 0 Å². The van der Waals surface area contributed by atoms with E-state index in [2.05, 4.69) is 37.2 Å². The van der Waals surface area contributed by atoms with Crippen LogP contribution in [0.1, 0.15) is 19.3 Å². The molecule has 1 N–H and O–H groups in total. The first-order valence-corrected chi connectivity index (χ1v) is 4.83. The summed E-state index contributed by atoms with van der Waals surface area (Å²) < 4.78 is -0.152. The molecule has 1 amide bonds. The number of carbonyl (C=O) groups excluding carboxylic acids is 1. The molecule has 4 heteroatoms. The molecule has 1 aliphatic rings. The molecule has 1 rings (SSSR count). The number of hydrogen-bond acceptors (Lipinski definition) is 1. The maximum Gasteiger partial charge on any atom is 0.222 e. The second-order valence-electron chi connectivity index (χ2n) is 2.49. The first kappa shape index (κ1) is 8.53. The Balaban J connectivity index is 2.54. The molecule has 1 fully saturated rings. The Kier molecular flexibility index (Phi) is 2.74. The summed E-state index contributed by atoms with van der Waals surface area (Å²) in [5.74, 6) is 0.117. The molecule has 0 atom stereocenters. The highest BCUT2D eigenvalue weighted by molar-refractivity contribution is 9.25. The Morgan fingerprint density at radius 3 is 2.90 bits per heavy atom. The van der Waals surface area contributed by atoms with Crippen molar-refractivity contribution in [1.82, 2.24) is 5.32 Å². The van der Waals surface area contributed by atoms with E-state index in [-0.39, 0.29) is 9.14 Å². The molecular weight excluding hydrogens is 262 g/mol. The average molecular weight is 271 g/mol. The Labute approximate surface area is 77.0 Å². The highest BCUT2D eigenvalue weighted by Crippen LogP contribution is 2.35. The summed E-state index contributed by atoms with van der Waals surface area (Å²) in [6, 6.07) is 0. The SMILES string of the molecule is O=C1CC(Br)(Br)CCCN1. The molecule has 0 saturated carbocycles. The monoisotopic (exact) mass is 269 g/mol. The van der Waals surface area contributed by atoms with E-state index in [9.17, 15) is 4.79 Å². The maximum atomic E-state index is 10.9. The molecule has 0 bridgehead atoms. The van der Waals surface area contributed by atoms with Gasteiger partial charge in [0, 0.05) is 6.54 Å². The van der Waals surface area contributed by atoms with E-state index >= 15 is 0 Å². The van der Waals surface area contributed by atoms with Gasteiger partial charge in [0.2, 0.25) is 5.91 Å². The van der Waals surface area contributed by atoms with Crippen LogP contribution in [0.5, 0.6) is 0 Å². The molecule has 0 aromatic rings. The van der Waals surface area contributed by atoms with Crippen molar-refractivity contribution in [2.75, 3.05) is 6.54 Å². The lowest BCUT2D eigenvalue weighted by molar-refractivity contribution is -0.120. The Morgan fingerprint density at radius 2 is 2.20 bits per heavy atom. The summed E-state index contributed by atoms with van der Waals surface area (Å²) in [7, 11) is 0. The molecule has 0 aliphatic carbocycles. The molecule has 0 radical (unpaired) electrons. The topological polar surface area (TPSA) is 29.1 Å². The van der Waals surface area contributed by atoms with Crippen LogP contribution in [-0.2, 0) is 4.79 Å². The molecule has 0 spiro atoms. The summed E-state index contributed by atoms with van der Waals surface area (Å²) in [5, 5.41) is 2.80. The van der Waals surface area contributed by atoms with Crippen LogP contribution >= 0.6 is 31.9 Å². The van der Waals surface area contributed by atoms with Gasteiger partial charge in [0.05, 0.1) is 9.65 Å². The van der Waals surface area contributed by atoms with Crippen LogP contribution in [-0.4, -0.2) is 15.7 Å². The van der Waals surface area contributed by atoms with Crippen LogP contribution < -0.4 is 5.32 Å². The summed E-state index contributed by atoms with van der Waals surface area (Å²) in [6.07, 6.45) is 2.54. The van der Waals surface area contributed by atoms with Crippen LogP contribution in [0.15, 0.2) is 0 Å². The number of alkyl halides is 2. The van der Waals surface area contributed by atoms with Gasteiger partial charge in [0.15, 0.2) is 0 Å². The van der Waals surface area contributed by atoms with Gasteiger partial charge < -0.3 is 5.32 Å². The van der Waals surface area contributed by atoms with Crippen LogP contribution in [0, 0.1) is 0 Å². The summed E-state index contributed by atoms with van der Waals surface area (Å²) >= 11 is 6.88. The van der Waals surface area contributed by atoms with E-state index in [0.717, 1.165) is 19.4 Å². The van der Waals surface area contributed by atoms with Crippen LogP contribution in [0.25, 0.3) is 0 Å². The van der Waals surface area contributed by atoms with E-state index in [0.29, 0.717) is 6.42 Å². The minimum absolute atomic E-state index is 0.117. The van der Waals surface area contributed by atoms with Gasteiger partial charge in [0.1, 0.15) is 0 Å². The quantitative estimate of drug-likeness (QED) is 0.668. The van der Waals surface area contributed by atoms with Gasteiger partial charge in [-0.25, -0.2) is 0 Å². The van der Waals surface area contributed by atoms with Gasteiger partial charge in [-0.05, 0) is 12.8 Å². The maximum absolute atomic E-state index is 10.9. The molecule has 58 valence electrons. The third-order valence-electron chi connectivity index (χ3n) is 1.46. The lowest BCUT2D eigenvalue weighted by atomic mass is 10.2. The molecule has 0 aromatic carbocycles. The largest absolute Gasteiger partial charge is 0.356 e. The van der Waals surface area contributed by atoms with Crippen LogP contribution in [0.3, 0.4) is 0 Å². The molecule has 1 heterocycles. The minimum atomic E-state index is -0.152. The second kappa shape index (κ2) is 3.22. The molecule has 0 unspecified atom stereocenters. The van der Waals surface area contributed by atoms with Crippen molar-refractivity contribution in [1.29, 1.82) is 0 Å². The third-order valence-corrected chi connectivity index (χ3v) is 2.81. The van der Waals surface area contributed by atoms with Crippen LogP contribution in [0.4, 0.5) is 0 Å². The summed E-state index contributed by atoms with van der Waals surface area (Å²) in [5.41, 5.74) is 0. The van der Waals surface area contributed by atoms with Gasteiger partial charge in [0.25, 0.3) is 0 Å². The predicted octanol–water partition coefficient (Wildman–Crippen LogP) is 1.77. The lowest BCUT2D eigenvalue weighted by Gasteiger charge is -2.14. The summed E-state index contributed by atoms with van der Waals surface area (Å²) in [6.45, 7) is 0.803. The van der Waals surface area contributed by atoms with Gasteiger partial charge in [-0.1, -0.05) is 31.9 Å². The van der Waals surface area contributed by atoms with Crippen molar-refractivity contribution in [3.8, 4) is 0 Å². The fourth-order valence-corrected chi connectivity index (χ4v) is 2.03. The Morgan fingerprint density at radius 1 is 1.50 bits per heavy atom. The lowest BCUT2D eigenvalue weighted by Crippen LogP contribution is -2.24. The molecule has 0 aromatic heterocycles. The Bertz CT molecular complexity index is 147. The van der Waals surface area contributed by atoms with Crippen molar-refractivity contribution in [2.24, 2.45) is 0 Å². The van der Waals surface area contributed by atoms with Gasteiger partial charge in [-0.2, -0.15) is 0 Å². The molecular formula is C6H9Br2NO. The second-order valence-corrected chi connectivity index (χ2v) is 6.59. The zero-order valence-electron chi connectivity index (χ0n) is 5.49. The van der Waals surface area contributed by atoms with Crippen LogP contribution in [0.2, 0.25) is 0 Å². The predicted molar refractivity (Wildman–Crippen MR) is 47.4 cm³/mol. The highest BCUT2D eigenvalue weighted by Gasteiger charge is 2.27. The normalized spacial score (nSPS) is 25.2. The number of rotatable bonds is 0. The van der Waals surface area contributed by atoms with Crippen molar-refractivity contribution >= 4 is 37.8 Å². The number of amides is 1. The van der Waals surface area contributed by atoms with Crippen molar-refractivity contribution in [3.63, 3.8) is 0 Å². The van der Waals surface area contributed by atoms with E-state index < -0.39 is 0 Å². The molecule has 1 aliphatic heterocycles. The molecule has 10 heavy (non-hydrogen) atoms. The number of hydrogen-bond donors (Lipinski definition) is 1. The first-order valence-electron chi connectivity index (χ1n) is 3.25. The number of nitrogens with one attached hydrogen (secondary N) is 1. The molecule has 2 nitrogen and oxygen atoms in total. The first-order chi connectivity index (χ1) is 4.60. The van der Waals surface area contributed by atoms with Crippen molar-refractivity contribution < 1.29 is 4.79 Å². The zero-order valence-corrected chi connectivity index (χ0v) is 8.66. The minimum Gasteiger partial charge on any atom is -0.356 e. The summed E-state index contributed by atoms with van der Waals surface area (Å²) in [4.78, 5) is 10.9. The zero-order chi connectivity index (χ0) is 7.61. The van der Waals surface area contributed by atoms with Crippen molar-refractivity contribution in [2.45, 2.75) is 22.5 Å². The number of carbonyl (C=O) groups is 1. The van der Waals surface area contributed by atoms with E-state index in [1.165, 1.54) is 0 Å². The fourth-order valence-electron chi connectivity index (χ4n) is 0.961. The van der Waals surface area contributed by atoms with E-state index in [4.69, 9.17) is 0 Å². The van der Waals surface area contributed by atoms with E-state index in [1.54, 1.807) is 0 Å². The highest BCUT2D eigenvalue weighted by atomic mass is 79.9. The number of halogens is 2. The van der Waals surface area contributed by atoms with E-state index in [1.807, 2.05) is 0 Å². The Hall–Kier alpha value is 0.430. The average Bonchev–Trinajstić information content (AvgIpc) is 1.90. The smallest absolute Gasteiger partial charge is 0.222 e. The standard InChI is InChI=1S/C6H9Br2NO/c7-6(8)2-1-3-9-5(10)4-6/h1-4H2,(H,9,10). The van der Waals surface area contributed by atoms with Gasteiger partial charge in [-0.15, -0.1) is 0 Å². The van der Waals surface area contributed by atoms with Gasteiger partial charge >= 0.3 is 0 Å². The fraction of sp³-hybridized carbons (Fsp3) is 0.833. The van der Waals surface area contributed by atoms with Gasteiger partial charge in [-0.3, -0.25) is 4.79 Å². The molecule has 1 saturated heterocycles. The third kappa shape index (κ3) is 2.58.